The summed E-state index contributed by atoms with van der Waals surface area (Å²) in [5.74, 6) is 0. The number of nitrogens with one attached hydrogen (secondary N) is 3. The van der Waals surface area contributed by atoms with Gasteiger partial charge in [0.15, 0.2) is 0 Å². The average molecular weight is 384 g/mol. The molecule has 0 aliphatic carbocycles. The van der Waals surface area contributed by atoms with Crippen molar-refractivity contribution in [2.24, 2.45) is 0 Å². The molecule has 1 heterocycles. The van der Waals surface area contributed by atoms with Crippen LogP contribution in [0.3, 0.4) is 0 Å². The first kappa shape index (κ1) is 20.2. The molecule has 0 bridgehead atoms. The third-order valence-electron chi connectivity index (χ3n) is 5.18. The Morgan fingerprint density at radius 1 is 1.14 bits per heavy atom. The average Bonchev–Trinajstić information content (AvgIpc) is 2.69. The van der Waals surface area contributed by atoms with E-state index >= 15 is 0 Å². The number of ether oxygens (including phenoxy) is 1. The number of aryl methyl sites for hydroxylation is 1. The molecular weight excluding hydrogens is 352 g/mol. The zero-order chi connectivity index (χ0) is 19.9. The molecule has 3 N–H and O–H groups in total. The highest BCUT2D eigenvalue weighted by molar-refractivity contribution is 5.89. The van der Waals surface area contributed by atoms with Gasteiger partial charge >= 0.3 is 6.03 Å². The highest BCUT2D eigenvalue weighted by atomic mass is 16.5. The number of amides is 2. The zero-order valence-corrected chi connectivity index (χ0v) is 17.0. The van der Waals surface area contributed by atoms with Crippen molar-refractivity contribution in [1.82, 2.24) is 5.32 Å². The number of nitrogens with zero attached hydrogens (tertiary/aromatic N) is 1. The second kappa shape index (κ2) is 9.57. The van der Waals surface area contributed by atoms with Crippen LogP contribution in [-0.2, 0) is 4.74 Å². The van der Waals surface area contributed by atoms with Crippen LogP contribution in [0.2, 0.25) is 0 Å². The van der Waals surface area contributed by atoms with Gasteiger partial charge in [-0.1, -0.05) is 24.3 Å². The molecule has 3 rings (SSSR count). The molecule has 1 aliphatic rings. The first-order valence-electron chi connectivity index (χ1n) is 9.84. The molecule has 28 heavy (non-hydrogen) atoms. The van der Waals surface area contributed by atoms with Crippen molar-refractivity contribution < 1.29 is 14.4 Å². The number of carbonyl (C=O) groups is 1. The van der Waals surface area contributed by atoms with Crippen LogP contribution in [0, 0.1) is 6.92 Å². The molecule has 0 unspecified atom stereocenters. The topological polar surface area (TPSA) is 58.0 Å². The molecule has 2 aromatic carbocycles. The van der Waals surface area contributed by atoms with Crippen LogP contribution in [0.5, 0.6) is 0 Å². The van der Waals surface area contributed by atoms with E-state index in [1.54, 1.807) is 0 Å². The second-order valence-electron chi connectivity index (χ2n) is 7.51. The van der Waals surface area contributed by atoms with Crippen molar-refractivity contribution in [3.05, 3.63) is 59.7 Å². The van der Waals surface area contributed by atoms with E-state index in [-0.39, 0.29) is 12.1 Å². The zero-order valence-electron chi connectivity index (χ0n) is 17.0. The standard InChI is InChI=1S/C22H30N4O2/c1-17-5-4-6-19(15-17)24-22(27)23-16-21(26-11-13-28-14-12-26)18-7-9-20(10-8-18)25(2)3/h4-10,15,21H,11-14,16H2,1-3H3,(H2,23,24,27)/p+1/t21-/m1/s1. The summed E-state index contributed by atoms with van der Waals surface area (Å²) in [5, 5.41) is 5.99. The summed E-state index contributed by atoms with van der Waals surface area (Å²) in [6.45, 7) is 6.00. The van der Waals surface area contributed by atoms with Gasteiger partial charge in [0.2, 0.25) is 0 Å². The molecule has 1 fully saturated rings. The minimum atomic E-state index is -0.173. The number of rotatable bonds is 6. The van der Waals surface area contributed by atoms with Gasteiger partial charge in [-0.05, 0) is 36.8 Å². The van der Waals surface area contributed by atoms with E-state index in [1.165, 1.54) is 16.2 Å². The molecule has 0 saturated carbocycles. The lowest BCUT2D eigenvalue weighted by atomic mass is 10.0. The van der Waals surface area contributed by atoms with Crippen molar-refractivity contribution >= 4 is 17.4 Å². The maximum absolute atomic E-state index is 12.4. The Hall–Kier alpha value is -2.57. The van der Waals surface area contributed by atoms with E-state index in [2.05, 4.69) is 39.8 Å². The number of morpholine rings is 1. The van der Waals surface area contributed by atoms with Gasteiger partial charge < -0.3 is 25.2 Å². The molecule has 0 aromatic heterocycles. The molecule has 2 aromatic rings. The molecule has 1 atom stereocenters. The summed E-state index contributed by atoms with van der Waals surface area (Å²) in [7, 11) is 4.08. The SMILES string of the molecule is Cc1cccc(NC(=O)NC[C@H](c2ccc(N(C)C)cc2)[NH+]2CCOCC2)c1. The van der Waals surface area contributed by atoms with Gasteiger partial charge in [-0.25, -0.2) is 4.79 Å². The lowest BCUT2D eigenvalue weighted by molar-refractivity contribution is -0.937. The predicted molar refractivity (Wildman–Crippen MR) is 113 cm³/mol. The quantitative estimate of drug-likeness (QED) is 0.713. The monoisotopic (exact) mass is 383 g/mol. The van der Waals surface area contributed by atoms with Crippen LogP contribution < -0.4 is 20.4 Å². The van der Waals surface area contributed by atoms with E-state index in [0.29, 0.717) is 6.54 Å². The summed E-state index contributed by atoms with van der Waals surface area (Å²) in [6, 6.07) is 16.4. The number of hydrogen-bond donors (Lipinski definition) is 3. The summed E-state index contributed by atoms with van der Waals surface area (Å²) in [5.41, 5.74) is 4.33. The van der Waals surface area contributed by atoms with Crippen molar-refractivity contribution in [3.63, 3.8) is 0 Å². The fraction of sp³-hybridized carbons (Fsp3) is 0.409. The van der Waals surface area contributed by atoms with Gasteiger partial charge in [0.1, 0.15) is 19.1 Å². The Morgan fingerprint density at radius 3 is 2.50 bits per heavy atom. The molecule has 6 nitrogen and oxygen atoms in total. The largest absolute Gasteiger partial charge is 0.378 e. The Balaban J connectivity index is 1.67. The summed E-state index contributed by atoms with van der Waals surface area (Å²) >= 11 is 0. The van der Waals surface area contributed by atoms with Gasteiger partial charge in [0.05, 0.1) is 19.8 Å². The van der Waals surface area contributed by atoms with E-state index in [1.807, 2.05) is 45.3 Å². The molecule has 0 spiro atoms. The van der Waals surface area contributed by atoms with Crippen molar-refractivity contribution in [2.75, 3.05) is 57.2 Å². The molecule has 1 aliphatic heterocycles. The molecule has 6 heteroatoms. The summed E-state index contributed by atoms with van der Waals surface area (Å²) < 4.78 is 5.52. The summed E-state index contributed by atoms with van der Waals surface area (Å²) in [4.78, 5) is 16.0. The molecule has 2 amide bonds. The second-order valence-corrected chi connectivity index (χ2v) is 7.51. The smallest absolute Gasteiger partial charge is 0.319 e. The first-order chi connectivity index (χ1) is 13.5. The Labute approximate surface area is 167 Å². The number of hydrogen-bond acceptors (Lipinski definition) is 3. The van der Waals surface area contributed by atoms with Crippen LogP contribution in [0.15, 0.2) is 48.5 Å². The predicted octanol–water partition coefficient (Wildman–Crippen LogP) is 1.84. The van der Waals surface area contributed by atoms with Gasteiger partial charge in [0.25, 0.3) is 0 Å². The Morgan fingerprint density at radius 2 is 1.86 bits per heavy atom. The van der Waals surface area contributed by atoms with Gasteiger partial charge in [0, 0.05) is 31.0 Å². The number of urea groups is 1. The van der Waals surface area contributed by atoms with Crippen LogP contribution in [0.1, 0.15) is 17.2 Å². The van der Waals surface area contributed by atoms with Crippen LogP contribution in [0.4, 0.5) is 16.2 Å². The van der Waals surface area contributed by atoms with Crippen LogP contribution in [-0.4, -0.2) is 53.0 Å². The fourth-order valence-electron chi connectivity index (χ4n) is 3.58. The van der Waals surface area contributed by atoms with Crippen molar-refractivity contribution in [3.8, 4) is 0 Å². The van der Waals surface area contributed by atoms with E-state index in [4.69, 9.17) is 4.74 Å². The number of quaternary nitrogens is 1. The fourth-order valence-corrected chi connectivity index (χ4v) is 3.58. The lowest BCUT2D eigenvalue weighted by Crippen LogP contribution is -3.15. The third kappa shape index (κ3) is 5.47. The van der Waals surface area contributed by atoms with Crippen LogP contribution in [0.25, 0.3) is 0 Å². The number of carbonyl (C=O) groups excluding carboxylic acids is 1. The van der Waals surface area contributed by atoms with Gasteiger partial charge in [-0.15, -0.1) is 0 Å². The first-order valence-corrected chi connectivity index (χ1v) is 9.84. The normalized spacial score (nSPS) is 15.7. The maximum Gasteiger partial charge on any atom is 0.319 e. The lowest BCUT2D eigenvalue weighted by Gasteiger charge is -2.32. The van der Waals surface area contributed by atoms with E-state index < -0.39 is 0 Å². The van der Waals surface area contributed by atoms with Gasteiger partial charge in [-0.3, -0.25) is 0 Å². The van der Waals surface area contributed by atoms with E-state index in [0.717, 1.165) is 37.6 Å². The highest BCUT2D eigenvalue weighted by Gasteiger charge is 2.27. The highest BCUT2D eigenvalue weighted by Crippen LogP contribution is 2.16. The summed E-state index contributed by atoms with van der Waals surface area (Å²) in [6.07, 6.45) is 0. The minimum absolute atomic E-state index is 0.173. The molecule has 1 saturated heterocycles. The molecule has 150 valence electrons. The minimum Gasteiger partial charge on any atom is -0.378 e. The number of benzene rings is 2. The van der Waals surface area contributed by atoms with Gasteiger partial charge in [-0.2, -0.15) is 0 Å². The Bertz CT molecular complexity index is 770. The molecule has 0 radical (unpaired) electrons. The third-order valence-corrected chi connectivity index (χ3v) is 5.18. The van der Waals surface area contributed by atoms with Crippen molar-refractivity contribution in [2.45, 2.75) is 13.0 Å². The maximum atomic E-state index is 12.4. The van der Waals surface area contributed by atoms with E-state index in [9.17, 15) is 4.79 Å². The van der Waals surface area contributed by atoms with Crippen LogP contribution >= 0.6 is 0 Å². The Kier molecular flexibility index (Phi) is 6.90. The molecular formula is C22H31N4O2+. The van der Waals surface area contributed by atoms with Crippen molar-refractivity contribution in [1.29, 1.82) is 0 Å². The number of anilines is 2.